The van der Waals surface area contributed by atoms with Crippen molar-refractivity contribution in [3.63, 3.8) is 0 Å². The summed E-state index contributed by atoms with van der Waals surface area (Å²) in [6, 6.07) is 25.5. The van der Waals surface area contributed by atoms with Gasteiger partial charge in [0.1, 0.15) is 0 Å². The summed E-state index contributed by atoms with van der Waals surface area (Å²) in [5.41, 5.74) is 9.94. The minimum Gasteiger partial charge on any atom is -0.358 e. The molecule has 3 aliphatic rings. The lowest BCUT2D eigenvalue weighted by atomic mass is 9.82. The molecule has 1 aliphatic carbocycles. The van der Waals surface area contributed by atoms with Crippen LogP contribution in [0.1, 0.15) is 62.8 Å². The fourth-order valence-corrected chi connectivity index (χ4v) is 6.61. The first kappa shape index (κ1) is 23.0. The zero-order valence-electron chi connectivity index (χ0n) is 22.2. The van der Waals surface area contributed by atoms with Crippen molar-refractivity contribution < 1.29 is 4.79 Å². The number of aromatic nitrogens is 2. The van der Waals surface area contributed by atoms with E-state index in [-0.39, 0.29) is 17.4 Å². The number of allylic oxidation sites excluding steroid dienone is 3. The maximum absolute atomic E-state index is 13.4. The standard InChI is InChI=1S/C33H32N4O/c1-21-19-33(2,3)36(20-22-10-5-4-6-11-22)27-17-16-23(18-24(21)27)31-30-26(13-9-15-29(30)38)35-32-34-25-12-7-8-14-28(25)37(31)32/h4-8,10-12,14,16-19,31H,9,13,15,20H2,1-3H3,(H,34,35)/t31-/m1/s1. The maximum atomic E-state index is 13.4. The van der Waals surface area contributed by atoms with Crippen molar-refractivity contribution in [2.24, 2.45) is 0 Å². The molecule has 0 radical (unpaired) electrons. The van der Waals surface area contributed by atoms with Crippen LogP contribution in [0.15, 0.2) is 90.1 Å². The predicted octanol–water partition coefficient (Wildman–Crippen LogP) is 7.26. The van der Waals surface area contributed by atoms with Crippen LogP contribution >= 0.6 is 0 Å². The van der Waals surface area contributed by atoms with Crippen molar-refractivity contribution in [2.75, 3.05) is 10.2 Å². The van der Waals surface area contributed by atoms with Crippen molar-refractivity contribution in [3.05, 3.63) is 107 Å². The van der Waals surface area contributed by atoms with E-state index in [9.17, 15) is 4.79 Å². The average molecular weight is 501 g/mol. The van der Waals surface area contributed by atoms with Crippen LogP contribution in [0.4, 0.5) is 11.6 Å². The summed E-state index contributed by atoms with van der Waals surface area (Å²) in [6.07, 6.45) is 4.73. The molecule has 0 fully saturated rings. The summed E-state index contributed by atoms with van der Waals surface area (Å²) in [5, 5.41) is 3.53. The molecule has 190 valence electrons. The molecule has 1 atom stereocenters. The lowest BCUT2D eigenvalue weighted by Crippen LogP contribution is -2.44. The third kappa shape index (κ3) is 3.52. The Morgan fingerprint density at radius 1 is 1.00 bits per heavy atom. The van der Waals surface area contributed by atoms with Crippen LogP contribution in [-0.4, -0.2) is 20.9 Å². The van der Waals surface area contributed by atoms with Crippen LogP contribution in [-0.2, 0) is 11.3 Å². The highest BCUT2D eigenvalue weighted by Crippen LogP contribution is 2.46. The molecule has 0 bridgehead atoms. The van der Waals surface area contributed by atoms with Gasteiger partial charge in [0.2, 0.25) is 5.95 Å². The third-order valence-electron chi connectivity index (χ3n) is 8.35. The van der Waals surface area contributed by atoms with E-state index in [1.165, 1.54) is 22.4 Å². The van der Waals surface area contributed by atoms with Crippen molar-refractivity contribution in [1.29, 1.82) is 0 Å². The van der Waals surface area contributed by atoms with E-state index >= 15 is 0 Å². The number of hydrogen-bond donors (Lipinski definition) is 1. The molecule has 7 rings (SSSR count). The fraction of sp³-hybridized carbons (Fsp3) is 0.273. The quantitative estimate of drug-likeness (QED) is 0.322. The molecule has 0 amide bonds. The molecule has 0 saturated carbocycles. The maximum Gasteiger partial charge on any atom is 0.209 e. The number of Topliss-reactive ketones (excluding diaryl/α,β-unsaturated/α-hetero) is 1. The van der Waals surface area contributed by atoms with Crippen LogP contribution in [0.25, 0.3) is 16.6 Å². The molecule has 2 aliphatic heterocycles. The number of hydrogen-bond acceptors (Lipinski definition) is 4. The number of carbonyl (C=O) groups excluding carboxylic acids is 1. The van der Waals surface area contributed by atoms with Gasteiger partial charge in [-0.25, -0.2) is 4.98 Å². The van der Waals surface area contributed by atoms with Gasteiger partial charge in [0.15, 0.2) is 5.78 Å². The Balaban J connectivity index is 1.40. The molecule has 3 aromatic carbocycles. The average Bonchev–Trinajstić information content (AvgIpc) is 3.28. The molecular weight excluding hydrogens is 468 g/mol. The van der Waals surface area contributed by atoms with E-state index < -0.39 is 0 Å². The number of fused-ring (bicyclic) bond motifs is 4. The van der Waals surface area contributed by atoms with Crippen LogP contribution in [0.5, 0.6) is 0 Å². The Bertz CT molecular complexity index is 1660. The van der Waals surface area contributed by atoms with Gasteiger partial charge in [-0.05, 0) is 74.6 Å². The van der Waals surface area contributed by atoms with Gasteiger partial charge in [0, 0.05) is 35.5 Å². The summed E-state index contributed by atoms with van der Waals surface area (Å²) in [7, 11) is 0. The number of para-hydroxylation sites is 2. The van der Waals surface area contributed by atoms with Crippen LogP contribution in [0.3, 0.4) is 0 Å². The predicted molar refractivity (Wildman–Crippen MR) is 154 cm³/mol. The topological polar surface area (TPSA) is 50.2 Å². The highest BCUT2D eigenvalue weighted by molar-refractivity contribution is 6.00. The molecule has 38 heavy (non-hydrogen) atoms. The number of benzene rings is 3. The molecular formula is C33H32N4O. The summed E-state index contributed by atoms with van der Waals surface area (Å²) in [5.74, 6) is 1.06. The van der Waals surface area contributed by atoms with Crippen LogP contribution in [0.2, 0.25) is 0 Å². The lowest BCUT2D eigenvalue weighted by molar-refractivity contribution is -0.116. The van der Waals surface area contributed by atoms with Gasteiger partial charge >= 0.3 is 0 Å². The summed E-state index contributed by atoms with van der Waals surface area (Å²) in [4.78, 5) is 20.8. The SMILES string of the molecule is CC1=CC(C)(C)N(Cc2ccccc2)c2ccc([C@@H]3C4=C(CCCC4=O)Nc4nc5ccccc5n43)cc21. The molecule has 5 nitrogen and oxygen atoms in total. The number of imidazole rings is 1. The first-order chi connectivity index (χ1) is 18.4. The number of nitrogens with one attached hydrogen (secondary N) is 1. The van der Waals surface area contributed by atoms with Gasteiger partial charge in [-0.1, -0.05) is 54.6 Å². The van der Waals surface area contributed by atoms with E-state index in [0.717, 1.165) is 53.2 Å². The smallest absolute Gasteiger partial charge is 0.209 e. The van der Waals surface area contributed by atoms with E-state index in [2.05, 4.69) is 96.2 Å². The van der Waals surface area contributed by atoms with Crippen LogP contribution in [0, 0.1) is 0 Å². The summed E-state index contributed by atoms with van der Waals surface area (Å²) >= 11 is 0. The minimum absolute atomic E-state index is 0.119. The van der Waals surface area contributed by atoms with Gasteiger partial charge in [-0.2, -0.15) is 0 Å². The molecule has 1 N–H and O–H groups in total. The number of ketones is 1. The van der Waals surface area contributed by atoms with Gasteiger partial charge in [-0.3, -0.25) is 9.36 Å². The van der Waals surface area contributed by atoms with Gasteiger partial charge in [0.25, 0.3) is 0 Å². The second kappa shape index (κ2) is 8.45. The number of nitrogens with zero attached hydrogens (tertiary/aromatic N) is 3. The first-order valence-corrected chi connectivity index (χ1v) is 13.6. The minimum atomic E-state index is -0.197. The number of carbonyl (C=O) groups is 1. The highest BCUT2D eigenvalue weighted by atomic mass is 16.1. The monoisotopic (exact) mass is 500 g/mol. The van der Waals surface area contributed by atoms with Crippen molar-refractivity contribution in [1.82, 2.24) is 9.55 Å². The van der Waals surface area contributed by atoms with Crippen molar-refractivity contribution in [3.8, 4) is 0 Å². The lowest BCUT2D eigenvalue weighted by Gasteiger charge is -2.44. The second-order valence-corrected chi connectivity index (χ2v) is 11.3. The largest absolute Gasteiger partial charge is 0.358 e. The Kier molecular flexibility index (Phi) is 5.12. The highest BCUT2D eigenvalue weighted by Gasteiger charge is 2.38. The Hall–Kier alpha value is -4.12. The normalized spacial score (nSPS) is 20.0. The third-order valence-corrected chi connectivity index (χ3v) is 8.35. The van der Waals surface area contributed by atoms with Crippen molar-refractivity contribution in [2.45, 2.75) is 58.2 Å². The second-order valence-electron chi connectivity index (χ2n) is 11.3. The van der Waals surface area contributed by atoms with E-state index in [1.54, 1.807) is 0 Å². The zero-order chi connectivity index (χ0) is 26.0. The van der Waals surface area contributed by atoms with E-state index in [1.807, 2.05) is 18.2 Å². The van der Waals surface area contributed by atoms with E-state index in [0.29, 0.717) is 6.42 Å². The Morgan fingerprint density at radius 2 is 1.79 bits per heavy atom. The molecule has 0 spiro atoms. The zero-order valence-corrected chi connectivity index (χ0v) is 22.2. The number of anilines is 2. The molecule has 4 aromatic rings. The summed E-state index contributed by atoms with van der Waals surface area (Å²) < 4.78 is 2.23. The van der Waals surface area contributed by atoms with E-state index in [4.69, 9.17) is 4.98 Å². The Morgan fingerprint density at radius 3 is 2.63 bits per heavy atom. The Labute approximate surface area is 223 Å². The van der Waals surface area contributed by atoms with Gasteiger partial charge < -0.3 is 10.2 Å². The van der Waals surface area contributed by atoms with Crippen LogP contribution < -0.4 is 10.2 Å². The molecule has 0 unspecified atom stereocenters. The fourth-order valence-electron chi connectivity index (χ4n) is 6.61. The summed E-state index contributed by atoms with van der Waals surface area (Å²) in [6.45, 7) is 7.61. The number of rotatable bonds is 3. The molecule has 3 heterocycles. The molecule has 0 saturated heterocycles. The molecule has 1 aromatic heterocycles. The van der Waals surface area contributed by atoms with Crippen molar-refractivity contribution >= 4 is 34.0 Å². The molecule has 5 heteroatoms. The van der Waals surface area contributed by atoms with Gasteiger partial charge in [-0.15, -0.1) is 0 Å². The van der Waals surface area contributed by atoms with Gasteiger partial charge in [0.05, 0.1) is 22.6 Å². The first-order valence-electron chi connectivity index (χ1n) is 13.6.